The lowest BCUT2D eigenvalue weighted by Crippen LogP contribution is -2.61. The van der Waals surface area contributed by atoms with Gasteiger partial charge in [-0.3, -0.25) is 10.2 Å². The summed E-state index contributed by atoms with van der Waals surface area (Å²) in [7, 11) is 0. The van der Waals surface area contributed by atoms with Crippen molar-refractivity contribution in [3.05, 3.63) is 0 Å². The second kappa shape index (κ2) is 2.94. The molecule has 0 bridgehead atoms. The summed E-state index contributed by atoms with van der Waals surface area (Å²) in [5, 5.41) is 13.2. The molecule has 0 amide bonds. The molecule has 3 rings (SSSR count). The van der Waals surface area contributed by atoms with E-state index in [0.29, 0.717) is 6.04 Å². The predicted molar refractivity (Wildman–Crippen MR) is 54.9 cm³/mol. The van der Waals surface area contributed by atoms with Crippen molar-refractivity contribution in [3.8, 4) is 0 Å². The van der Waals surface area contributed by atoms with Gasteiger partial charge in [0.25, 0.3) is 0 Å². The maximum atomic E-state index is 9.89. The molecule has 0 aromatic heterocycles. The Morgan fingerprint density at radius 1 is 1.36 bits per heavy atom. The number of nitrogens with one attached hydrogen (secondary N) is 1. The van der Waals surface area contributed by atoms with Crippen LogP contribution in [0.25, 0.3) is 0 Å². The van der Waals surface area contributed by atoms with Crippen LogP contribution in [0.4, 0.5) is 0 Å². The van der Waals surface area contributed by atoms with E-state index in [4.69, 9.17) is 0 Å². The first-order valence-corrected chi connectivity index (χ1v) is 5.85. The fourth-order valence-electron chi connectivity index (χ4n) is 2.25. The molecule has 3 heteroatoms. The standard InChI is InChI=1S/C11H20N2O/c1-11(4-5-11)10(14)12-8-6-13(7-8)9-2-3-9/h8-10,12,14H,2-7H2,1H3. The normalized spacial score (nSPS) is 33.9. The van der Waals surface area contributed by atoms with Crippen LogP contribution in [0.3, 0.4) is 0 Å². The van der Waals surface area contributed by atoms with Gasteiger partial charge in [-0.15, -0.1) is 0 Å². The SMILES string of the molecule is CC1(C(O)NC2CN(C3CC3)C2)CC1. The van der Waals surface area contributed by atoms with Crippen LogP contribution >= 0.6 is 0 Å². The number of rotatable bonds is 4. The Kier molecular flexibility index (Phi) is 1.92. The molecule has 2 N–H and O–H groups in total. The van der Waals surface area contributed by atoms with E-state index < -0.39 is 0 Å². The highest BCUT2D eigenvalue weighted by atomic mass is 16.3. The topological polar surface area (TPSA) is 35.5 Å². The highest BCUT2D eigenvalue weighted by molar-refractivity contribution is 5.00. The van der Waals surface area contributed by atoms with Crippen molar-refractivity contribution >= 4 is 0 Å². The first-order valence-electron chi connectivity index (χ1n) is 5.85. The maximum absolute atomic E-state index is 9.89. The molecule has 80 valence electrons. The third kappa shape index (κ3) is 1.58. The lowest BCUT2D eigenvalue weighted by molar-refractivity contribution is 0.0166. The zero-order valence-electron chi connectivity index (χ0n) is 8.87. The van der Waals surface area contributed by atoms with Crippen LogP contribution in [-0.2, 0) is 0 Å². The monoisotopic (exact) mass is 196 g/mol. The van der Waals surface area contributed by atoms with Crippen LogP contribution in [0.15, 0.2) is 0 Å². The van der Waals surface area contributed by atoms with Gasteiger partial charge in [-0.1, -0.05) is 6.92 Å². The van der Waals surface area contributed by atoms with Crippen molar-refractivity contribution in [2.75, 3.05) is 13.1 Å². The summed E-state index contributed by atoms with van der Waals surface area (Å²) >= 11 is 0. The molecule has 1 heterocycles. The van der Waals surface area contributed by atoms with Crippen molar-refractivity contribution < 1.29 is 5.11 Å². The lowest BCUT2D eigenvalue weighted by atomic mass is 10.0. The molecule has 1 unspecified atom stereocenters. The zero-order chi connectivity index (χ0) is 9.76. The van der Waals surface area contributed by atoms with E-state index in [2.05, 4.69) is 17.1 Å². The highest BCUT2D eigenvalue weighted by Crippen LogP contribution is 2.47. The molecule has 0 spiro atoms. The van der Waals surface area contributed by atoms with Crippen LogP contribution < -0.4 is 5.32 Å². The fraction of sp³-hybridized carbons (Fsp3) is 1.00. The predicted octanol–water partition coefficient (Wildman–Crippen LogP) is 0.541. The third-order valence-corrected chi connectivity index (χ3v) is 4.07. The Morgan fingerprint density at radius 2 is 2.00 bits per heavy atom. The quantitative estimate of drug-likeness (QED) is 0.644. The molecular formula is C11H20N2O. The number of nitrogens with zero attached hydrogens (tertiary/aromatic N) is 1. The summed E-state index contributed by atoms with van der Waals surface area (Å²) in [4.78, 5) is 2.53. The minimum atomic E-state index is -0.270. The van der Waals surface area contributed by atoms with Gasteiger partial charge >= 0.3 is 0 Å². The molecule has 0 aromatic carbocycles. The van der Waals surface area contributed by atoms with E-state index in [-0.39, 0.29) is 11.6 Å². The largest absolute Gasteiger partial charge is 0.378 e. The first kappa shape index (κ1) is 9.13. The summed E-state index contributed by atoms with van der Waals surface area (Å²) in [6.45, 7) is 4.47. The molecular weight excluding hydrogens is 176 g/mol. The minimum Gasteiger partial charge on any atom is -0.378 e. The Morgan fingerprint density at radius 3 is 2.50 bits per heavy atom. The summed E-state index contributed by atoms with van der Waals surface area (Å²) in [6.07, 6.45) is 4.88. The fourth-order valence-corrected chi connectivity index (χ4v) is 2.25. The average molecular weight is 196 g/mol. The van der Waals surface area contributed by atoms with Gasteiger partial charge in [-0.2, -0.15) is 0 Å². The number of hydrogen-bond acceptors (Lipinski definition) is 3. The number of aliphatic hydroxyl groups is 1. The van der Waals surface area contributed by atoms with Gasteiger partial charge in [-0.05, 0) is 25.7 Å². The van der Waals surface area contributed by atoms with Crippen molar-refractivity contribution in [2.24, 2.45) is 5.41 Å². The summed E-state index contributed by atoms with van der Waals surface area (Å²) in [6, 6.07) is 1.43. The first-order chi connectivity index (χ1) is 6.67. The van der Waals surface area contributed by atoms with Gasteiger partial charge < -0.3 is 5.11 Å². The molecule has 14 heavy (non-hydrogen) atoms. The Bertz CT molecular complexity index is 229. The minimum absolute atomic E-state index is 0.194. The van der Waals surface area contributed by atoms with Gasteiger partial charge in [-0.25, -0.2) is 0 Å². The van der Waals surface area contributed by atoms with Crippen LogP contribution in [0.2, 0.25) is 0 Å². The average Bonchev–Trinajstić information content (AvgIpc) is 2.91. The van der Waals surface area contributed by atoms with Gasteiger partial charge in [0.1, 0.15) is 6.23 Å². The number of aliphatic hydroxyl groups excluding tert-OH is 1. The van der Waals surface area contributed by atoms with Crippen LogP contribution in [0.5, 0.6) is 0 Å². The van der Waals surface area contributed by atoms with Crippen molar-refractivity contribution in [1.82, 2.24) is 10.2 Å². The van der Waals surface area contributed by atoms with Crippen LogP contribution in [0.1, 0.15) is 32.6 Å². The maximum Gasteiger partial charge on any atom is 0.110 e. The zero-order valence-corrected chi connectivity index (χ0v) is 8.87. The van der Waals surface area contributed by atoms with Gasteiger partial charge in [0, 0.05) is 30.6 Å². The molecule has 3 aliphatic rings. The number of hydrogen-bond donors (Lipinski definition) is 2. The van der Waals surface area contributed by atoms with Crippen LogP contribution in [0, 0.1) is 5.41 Å². The van der Waals surface area contributed by atoms with E-state index in [1.54, 1.807) is 0 Å². The molecule has 1 saturated heterocycles. The second-order valence-electron chi connectivity index (χ2n) is 5.61. The Labute approximate surface area is 85.5 Å². The van der Waals surface area contributed by atoms with Crippen molar-refractivity contribution in [2.45, 2.75) is 50.9 Å². The third-order valence-electron chi connectivity index (χ3n) is 4.07. The summed E-state index contributed by atoms with van der Waals surface area (Å²) in [5.74, 6) is 0. The molecule has 0 aromatic rings. The smallest absolute Gasteiger partial charge is 0.110 e. The lowest BCUT2D eigenvalue weighted by Gasteiger charge is -2.41. The van der Waals surface area contributed by atoms with Gasteiger partial charge in [0.05, 0.1) is 0 Å². The van der Waals surface area contributed by atoms with Crippen LogP contribution in [-0.4, -0.2) is 41.4 Å². The summed E-state index contributed by atoms with van der Waals surface area (Å²) in [5.41, 5.74) is 0.194. The van der Waals surface area contributed by atoms with E-state index >= 15 is 0 Å². The molecule has 1 atom stereocenters. The molecule has 2 aliphatic carbocycles. The number of likely N-dealkylation sites (tertiary alicyclic amines) is 1. The Balaban J connectivity index is 1.41. The van der Waals surface area contributed by atoms with Gasteiger partial charge in [0.2, 0.25) is 0 Å². The van der Waals surface area contributed by atoms with E-state index in [0.717, 1.165) is 19.1 Å². The second-order valence-corrected chi connectivity index (χ2v) is 5.61. The van der Waals surface area contributed by atoms with E-state index in [1.165, 1.54) is 25.7 Å². The molecule has 0 radical (unpaired) electrons. The molecule has 3 fully saturated rings. The highest BCUT2D eigenvalue weighted by Gasteiger charge is 2.46. The molecule has 1 aliphatic heterocycles. The van der Waals surface area contributed by atoms with Crippen molar-refractivity contribution in [1.29, 1.82) is 0 Å². The summed E-state index contributed by atoms with van der Waals surface area (Å²) < 4.78 is 0. The van der Waals surface area contributed by atoms with Crippen molar-refractivity contribution in [3.63, 3.8) is 0 Å². The van der Waals surface area contributed by atoms with E-state index in [9.17, 15) is 5.11 Å². The molecule has 3 nitrogen and oxygen atoms in total. The van der Waals surface area contributed by atoms with Gasteiger partial charge in [0.15, 0.2) is 0 Å². The molecule has 2 saturated carbocycles. The van der Waals surface area contributed by atoms with E-state index in [1.807, 2.05) is 0 Å². The Hall–Kier alpha value is -0.120.